The standard InChI is InChI=1S/C44H69N5O11/c1-25-22-43(7,57-9)40(28(4)38(52)29(5)42(54)60-41-30(6)44(41,55)39(53)27(3)37(25)51)59-36-21-33(20-26(2)58-36)48(8)23-31-15-17-32(18-16-31)34-24-49(47-45-34)19-13-11-10-12-14-35(50)46-56/h15-18,24-30,33,36,38-41,52-53,55-56H,10-14,19-23H2,1-9H3,(H,46,50)/t25-,26-,27+,28+,29-,30?,33+,36?,38-,39-,40-,41?,43+,44+/m1/s1. The molecule has 1 saturated carbocycles. The number of aryl methyl sites for hydroxylation is 1. The molecule has 0 bridgehead atoms. The van der Waals surface area contributed by atoms with Gasteiger partial charge < -0.3 is 34.3 Å². The van der Waals surface area contributed by atoms with Crippen LogP contribution in [0.2, 0.25) is 0 Å². The molecule has 3 fully saturated rings. The number of aromatic nitrogens is 3. The quantitative estimate of drug-likeness (QED) is 0.0786. The van der Waals surface area contributed by atoms with E-state index in [9.17, 15) is 29.7 Å². The first-order chi connectivity index (χ1) is 28.3. The molecule has 0 spiro atoms. The summed E-state index contributed by atoms with van der Waals surface area (Å²) in [5, 5.41) is 51.5. The zero-order valence-corrected chi connectivity index (χ0v) is 36.8. The number of carbonyl (C=O) groups is 3. The third kappa shape index (κ3) is 10.8. The molecule has 336 valence electrons. The number of hydrogen-bond donors (Lipinski definition) is 5. The molecule has 14 atom stereocenters. The molecule has 3 heterocycles. The number of methoxy groups -OCH3 is 1. The monoisotopic (exact) mass is 843 g/mol. The van der Waals surface area contributed by atoms with Crippen molar-refractivity contribution >= 4 is 17.7 Å². The summed E-state index contributed by atoms with van der Waals surface area (Å²) in [6.07, 6.45) is 1.81. The summed E-state index contributed by atoms with van der Waals surface area (Å²) in [5.41, 5.74) is 1.62. The molecule has 1 aromatic heterocycles. The molecular weight excluding hydrogens is 775 g/mol. The first kappa shape index (κ1) is 47.7. The van der Waals surface area contributed by atoms with E-state index < -0.39 is 77.5 Å². The Kier molecular flexibility index (Phi) is 16.1. The van der Waals surface area contributed by atoms with Crippen molar-refractivity contribution in [1.82, 2.24) is 25.4 Å². The van der Waals surface area contributed by atoms with Crippen LogP contribution in [-0.2, 0) is 46.4 Å². The number of nitrogens with zero attached hydrogens (tertiary/aromatic N) is 4. The van der Waals surface area contributed by atoms with Crippen molar-refractivity contribution in [2.24, 2.45) is 29.6 Å². The lowest BCUT2D eigenvalue weighted by Gasteiger charge is -2.46. The van der Waals surface area contributed by atoms with Gasteiger partial charge in [0, 0.05) is 68.3 Å². The molecule has 3 aliphatic rings. The number of amides is 1. The first-order valence-corrected chi connectivity index (χ1v) is 21.7. The minimum absolute atomic E-state index is 0.0775. The lowest BCUT2D eigenvalue weighted by atomic mass is 9.75. The fourth-order valence-electron chi connectivity index (χ4n) is 9.41. The van der Waals surface area contributed by atoms with Crippen LogP contribution in [0.1, 0.15) is 105 Å². The van der Waals surface area contributed by atoms with Gasteiger partial charge in [0.25, 0.3) is 0 Å². The number of fused-ring (bicyclic) bond motifs is 1. The Hall–Kier alpha value is -3.35. The van der Waals surface area contributed by atoms with Gasteiger partial charge in [-0.05, 0) is 59.1 Å². The Morgan fingerprint density at radius 2 is 1.70 bits per heavy atom. The minimum atomic E-state index is -1.76. The maximum Gasteiger partial charge on any atom is 0.311 e. The summed E-state index contributed by atoms with van der Waals surface area (Å²) >= 11 is 0. The molecule has 1 amide bonds. The van der Waals surface area contributed by atoms with Gasteiger partial charge in [0.15, 0.2) is 6.29 Å². The summed E-state index contributed by atoms with van der Waals surface area (Å²) < 4.78 is 26.9. The number of unbranched alkanes of at least 4 members (excludes halogenated alkanes) is 3. The van der Waals surface area contributed by atoms with Gasteiger partial charge in [-0.25, -0.2) is 5.48 Å². The highest BCUT2D eigenvalue weighted by Crippen LogP contribution is 2.51. The molecule has 5 N–H and O–H groups in total. The van der Waals surface area contributed by atoms with Crippen molar-refractivity contribution in [3.05, 3.63) is 36.0 Å². The predicted octanol–water partition coefficient (Wildman–Crippen LogP) is 4.05. The molecule has 2 saturated heterocycles. The third-order valence-electron chi connectivity index (χ3n) is 13.6. The Balaban J connectivity index is 1.25. The number of hydrogen-bond acceptors (Lipinski definition) is 14. The van der Waals surface area contributed by atoms with Crippen LogP contribution in [0.4, 0.5) is 0 Å². The molecule has 5 rings (SSSR count). The Morgan fingerprint density at radius 3 is 2.37 bits per heavy atom. The van der Waals surface area contributed by atoms with Gasteiger partial charge in [-0.2, -0.15) is 0 Å². The summed E-state index contributed by atoms with van der Waals surface area (Å²) in [6.45, 7) is 13.6. The molecule has 3 unspecified atom stereocenters. The van der Waals surface area contributed by atoms with Crippen molar-refractivity contribution in [3.63, 3.8) is 0 Å². The highest BCUT2D eigenvalue weighted by atomic mass is 16.7. The van der Waals surface area contributed by atoms with Crippen molar-refractivity contribution < 1.29 is 53.9 Å². The topological polar surface area (TPSA) is 215 Å². The Labute approximate surface area is 354 Å². The van der Waals surface area contributed by atoms with Crippen LogP contribution in [0.3, 0.4) is 0 Å². The van der Waals surface area contributed by atoms with E-state index in [-0.39, 0.29) is 30.3 Å². The van der Waals surface area contributed by atoms with Crippen molar-refractivity contribution in [1.29, 1.82) is 0 Å². The molecule has 60 heavy (non-hydrogen) atoms. The largest absolute Gasteiger partial charge is 0.458 e. The average molecular weight is 844 g/mol. The van der Waals surface area contributed by atoms with Crippen LogP contribution in [0, 0.1) is 29.6 Å². The first-order valence-electron chi connectivity index (χ1n) is 21.7. The Morgan fingerprint density at radius 1 is 1.02 bits per heavy atom. The SMILES string of the molecule is CO[C@@]1(C)C[C@@H](C)C(=O)[C@H](C)[C@@H](O)[C@@]2(O)C(C)C2OC(=O)[C@H](C)[C@H](O)[C@H](C)[C@H]1OC1C[C@@H](N(C)Cc2ccc(-c3cn(CCCCCCC(=O)NO)nn3)cc2)C[C@@H](C)O1. The zero-order chi connectivity index (χ0) is 44.1. The van der Waals surface area contributed by atoms with E-state index in [2.05, 4.69) is 34.4 Å². The van der Waals surface area contributed by atoms with Gasteiger partial charge in [-0.1, -0.05) is 70.0 Å². The number of ether oxygens (including phenoxy) is 4. The lowest BCUT2D eigenvalue weighted by molar-refractivity contribution is -0.271. The van der Waals surface area contributed by atoms with E-state index in [0.29, 0.717) is 19.4 Å². The maximum atomic E-state index is 13.8. The van der Waals surface area contributed by atoms with Gasteiger partial charge in [0.05, 0.1) is 42.1 Å². The number of ketones is 1. The van der Waals surface area contributed by atoms with E-state index in [1.54, 1.807) is 40.1 Å². The fourth-order valence-corrected chi connectivity index (χ4v) is 9.41. The van der Waals surface area contributed by atoms with Crippen molar-refractivity contribution in [2.45, 2.75) is 167 Å². The van der Waals surface area contributed by atoms with E-state index >= 15 is 0 Å². The zero-order valence-electron chi connectivity index (χ0n) is 36.8. The summed E-state index contributed by atoms with van der Waals surface area (Å²) in [7, 11) is 3.61. The second-order valence-corrected chi connectivity index (χ2v) is 18.2. The molecule has 16 heteroatoms. The second-order valence-electron chi connectivity index (χ2n) is 18.2. The number of aliphatic hydroxyl groups is 3. The molecule has 0 radical (unpaired) electrons. The number of esters is 1. The van der Waals surface area contributed by atoms with Crippen LogP contribution < -0.4 is 5.48 Å². The summed E-state index contributed by atoms with van der Waals surface area (Å²) in [4.78, 5) is 40.7. The minimum Gasteiger partial charge on any atom is -0.458 e. The van der Waals surface area contributed by atoms with E-state index in [1.165, 1.54) is 7.11 Å². The van der Waals surface area contributed by atoms with E-state index in [1.807, 2.05) is 36.9 Å². The normalized spacial score (nSPS) is 36.6. The van der Waals surface area contributed by atoms with Gasteiger partial charge in [-0.15, -0.1) is 5.10 Å². The van der Waals surface area contributed by atoms with Crippen LogP contribution in [-0.4, -0.2) is 126 Å². The van der Waals surface area contributed by atoms with Crippen molar-refractivity contribution in [3.8, 4) is 11.3 Å². The second kappa shape index (κ2) is 20.2. The molecular formula is C44H69N5O11. The highest BCUT2D eigenvalue weighted by Gasteiger charge is 2.70. The van der Waals surface area contributed by atoms with Gasteiger partial charge in [-0.3, -0.25) is 29.2 Å². The Bertz CT molecular complexity index is 1740. The fraction of sp³-hybridized carbons (Fsp3) is 0.750. The van der Waals surface area contributed by atoms with Crippen molar-refractivity contribution in [2.75, 3.05) is 14.2 Å². The molecule has 2 aromatic rings. The lowest BCUT2D eigenvalue weighted by Crippen LogP contribution is -2.56. The number of rotatable bonds is 14. The van der Waals surface area contributed by atoms with Gasteiger partial charge >= 0.3 is 5.97 Å². The summed E-state index contributed by atoms with van der Waals surface area (Å²) in [5.74, 6) is -5.18. The number of aliphatic hydroxyl groups excluding tert-OH is 2. The number of hydroxylamine groups is 1. The number of nitrogens with one attached hydrogen (secondary N) is 1. The molecule has 1 aromatic carbocycles. The number of benzene rings is 1. The molecule has 2 aliphatic heterocycles. The number of carbonyl (C=O) groups excluding carboxylic acids is 3. The highest BCUT2D eigenvalue weighted by molar-refractivity contribution is 5.84. The van der Waals surface area contributed by atoms with Crippen LogP contribution in [0.5, 0.6) is 0 Å². The van der Waals surface area contributed by atoms with E-state index in [4.69, 9.17) is 24.2 Å². The molecule has 1 aliphatic carbocycles. The predicted molar refractivity (Wildman–Crippen MR) is 220 cm³/mol. The smallest absolute Gasteiger partial charge is 0.311 e. The van der Waals surface area contributed by atoms with Gasteiger partial charge in [0.2, 0.25) is 5.91 Å². The van der Waals surface area contributed by atoms with Crippen LogP contribution in [0.15, 0.2) is 30.5 Å². The van der Waals surface area contributed by atoms with Gasteiger partial charge in [0.1, 0.15) is 23.2 Å². The third-order valence-corrected chi connectivity index (χ3v) is 13.6. The number of Topliss-reactive ketones (excluding diaryl/α,β-unsaturated/α-hetero) is 1. The van der Waals surface area contributed by atoms with Crippen LogP contribution >= 0.6 is 0 Å². The maximum absolute atomic E-state index is 13.8. The van der Waals surface area contributed by atoms with Crippen LogP contribution in [0.25, 0.3) is 11.3 Å². The average Bonchev–Trinajstić information content (AvgIpc) is 3.50. The summed E-state index contributed by atoms with van der Waals surface area (Å²) in [6, 6.07) is 8.34. The molecule has 16 nitrogen and oxygen atoms in total. The van der Waals surface area contributed by atoms with E-state index in [0.717, 1.165) is 55.5 Å².